The largest absolute Gasteiger partial charge is 0.162 e. The van der Waals surface area contributed by atoms with E-state index >= 15 is 0 Å². The maximum absolute atomic E-state index is 2.48. The molecule has 0 amide bonds. The van der Waals surface area contributed by atoms with E-state index in [0.717, 1.165) is 82.9 Å². The average Bonchev–Trinajstić information content (AvgIpc) is 3.28. The number of rotatable bonds is 32. The van der Waals surface area contributed by atoms with Gasteiger partial charge in [-0.05, 0) is 268 Å². The summed E-state index contributed by atoms with van der Waals surface area (Å²) in [4.78, 5) is 0. The van der Waals surface area contributed by atoms with Crippen LogP contribution in [0.2, 0.25) is 0 Å². The molecule has 4 fully saturated rings. The van der Waals surface area contributed by atoms with E-state index in [2.05, 4.69) is 132 Å². The first-order valence-electron chi connectivity index (χ1n) is 31.9. The molecule has 0 saturated heterocycles. The van der Waals surface area contributed by atoms with Crippen molar-refractivity contribution in [2.24, 2.45) is 99.1 Å². The summed E-state index contributed by atoms with van der Waals surface area (Å²) >= 11 is 7.05. The van der Waals surface area contributed by atoms with Crippen molar-refractivity contribution in [2.75, 3.05) is 34.5 Å². The third kappa shape index (κ3) is 27.4. The molecule has 12 atom stereocenters. The highest BCUT2D eigenvalue weighted by Crippen LogP contribution is 2.47. The van der Waals surface area contributed by atoms with E-state index in [1.54, 1.807) is 19.3 Å². The van der Waals surface area contributed by atoms with Crippen LogP contribution >= 0.6 is 35.3 Å². The third-order valence-electron chi connectivity index (χ3n) is 19.6. The van der Waals surface area contributed by atoms with Crippen LogP contribution in [0.3, 0.4) is 0 Å². The van der Waals surface area contributed by atoms with Gasteiger partial charge in [-0.3, -0.25) is 0 Å². The zero-order valence-electron chi connectivity index (χ0n) is 50.3. The fraction of sp³-hybridized carbons (Fsp3) is 1.00. The number of hydrogen-bond donors (Lipinski definition) is 0. The Balaban J connectivity index is 1.15. The van der Waals surface area contributed by atoms with Crippen LogP contribution in [-0.2, 0) is 0 Å². The molecule has 0 aromatic rings. The van der Waals surface area contributed by atoms with Crippen LogP contribution in [0.5, 0.6) is 0 Å². The van der Waals surface area contributed by atoms with Crippen molar-refractivity contribution in [3.63, 3.8) is 0 Å². The lowest BCUT2D eigenvalue weighted by molar-refractivity contribution is 0.131. The number of thioether (sulfide) groups is 3. The Morgan fingerprint density at radius 3 is 0.943 bits per heavy atom. The first-order valence-corrected chi connectivity index (χ1v) is 35.4. The van der Waals surface area contributed by atoms with Gasteiger partial charge >= 0.3 is 0 Å². The Morgan fingerprint density at radius 1 is 0.314 bits per heavy atom. The summed E-state index contributed by atoms with van der Waals surface area (Å²) in [5, 5.41) is 0. The van der Waals surface area contributed by atoms with E-state index < -0.39 is 0 Å². The SMILES string of the molecule is CCCC1CC(CCC(C)C)CCC1CCSCCC1CCC(CCSCCC2CCC(CCC(C)(C)C)C(CCSCCC3CCC(CCC(C)(C)C)C(CCC(C)(C)C)C3)C2)C(CCC(C)C)C1. The van der Waals surface area contributed by atoms with Crippen molar-refractivity contribution in [2.45, 2.75) is 290 Å². The van der Waals surface area contributed by atoms with Gasteiger partial charge < -0.3 is 0 Å². The van der Waals surface area contributed by atoms with Gasteiger partial charge in [0.1, 0.15) is 0 Å². The molecule has 4 rings (SSSR count). The Labute approximate surface area is 455 Å². The van der Waals surface area contributed by atoms with Gasteiger partial charge in [0.15, 0.2) is 0 Å². The molecule has 0 aromatic carbocycles. The second-order valence-corrected chi connectivity index (χ2v) is 34.1. The van der Waals surface area contributed by atoms with Crippen LogP contribution in [0.1, 0.15) is 290 Å². The molecule has 0 N–H and O–H groups in total. The van der Waals surface area contributed by atoms with Gasteiger partial charge in [0.2, 0.25) is 0 Å². The molecule has 0 radical (unpaired) electrons. The first kappa shape index (κ1) is 63.6. The lowest BCUT2D eigenvalue weighted by Crippen LogP contribution is -2.28. The summed E-state index contributed by atoms with van der Waals surface area (Å²) in [6.07, 6.45) is 44.8. The molecule has 4 aliphatic rings. The molecule has 3 heteroatoms. The fourth-order valence-corrected chi connectivity index (χ4v) is 18.3. The molecule has 0 bridgehead atoms. The molecule has 4 saturated carbocycles. The zero-order valence-corrected chi connectivity index (χ0v) is 52.7. The summed E-state index contributed by atoms with van der Waals surface area (Å²) in [6, 6.07) is 0. The van der Waals surface area contributed by atoms with Gasteiger partial charge in [0, 0.05) is 0 Å². The van der Waals surface area contributed by atoms with E-state index in [4.69, 9.17) is 0 Å². The van der Waals surface area contributed by atoms with Crippen molar-refractivity contribution in [3.8, 4) is 0 Å². The molecule has 0 nitrogen and oxygen atoms in total. The zero-order chi connectivity index (χ0) is 51.2. The lowest BCUT2D eigenvalue weighted by atomic mass is 9.67. The Morgan fingerprint density at radius 2 is 0.586 bits per heavy atom. The minimum atomic E-state index is 0.471. The second-order valence-electron chi connectivity index (χ2n) is 30.4. The van der Waals surface area contributed by atoms with E-state index in [1.807, 2.05) is 0 Å². The highest BCUT2D eigenvalue weighted by atomic mass is 32.2. The predicted molar refractivity (Wildman–Crippen MR) is 326 cm³/mol. The van der Waals surface area contributed by atoms with Crippen LogP contribution in [0.15, 0.2) is 0 Å². The molecule has 4 aliphatic carbocycles. The maximum Gasteiger partial charge on any atom is -0.00648 e. The van der Waals surface area contributed by atoms with Crippen molar-refractivity contribution >= 4 is 35.3 Å². The first-order chi connectivity index (χ1) is 33.2. The van der Waals surface area contributed by atoms with Gasteiger partial charge in [0.25, 0.3) is 0 Å². The molecular weight excluding hydrogens is 901 g/mol. The van der Waals surface area contributed by atoms with Crippen molar-refractivity contribution in [3.05, 3.63) is 0 Å². The Hall–Kier alpha value is 1.05. The normalized spacial score (nSPS) is 30.7. The molecule has 414 valence electrons. The smallest absolute Gasteiger partial charge is 0.00648 e. The molecule has 0 heterocycles. The summed E-state index contributed by atoms with van der Waals surface area (Å²) in [6.45, 7) is 34.4. The van der Waals surface area contributed by atoms with Crippen LogP contribution < -0.4 is 0 Å². The molecule has 0 aromatic heterocycles. The highest BCUT2D eigenvalue weighted by Gasteiger charge is 2.35. The molecule has 0 aliphatic heterocycles. The van der Waals surface area contributed by atoms with Gasteiger partial charge in [-0.15, -0.1) is 0 Å². The lowest BCUT2D eigenvalue weighted by Gasteiger charge is -2.39. The van der Waals surface area contributed by atoms with Gasteiger partial charge in [-0.1, -0.05) is 155 Å². The summed E-state index contributed by atoms with van der Waals surface area (Å²) < 4.78 is 0. The van der Waals surface area contributed by atoms with Crippen LogP contribution in [0.25, 0.3) is 0 Å². The van der Waals surface area contributed by atoms with E-state index in [9.17, 15) is 0 Å². The van der Waals surface area contributed by atoms with Crippen molar-refractivity contribution < 1.29 is 0 Å². The van der Waals surface area contributed by atoms with Gasteiger partial charge in [-0.2, -0.15) is 35.3 Å². The maximum atomic E-state index is 2.48. The van der Waals surface area contributed by atoms with Crippen LogP contribution in [0.4, 0.5) is 0 Å². The Bertz CT molecular complexity index is 1300. The van der Waals surface area contributed by atoms with Gasteiger partial charge in [-0.25, -0.2) is 0 Å². The third-order valence-corrected chi connectivity index (χ3v) is 22.8. The Kier molecular flexibility index (Phi) is 30.3. The summed E-state index contributed by atoms with van der Waals surface area (Å²) in [5.41, 5.74) is 1.42. The monoisotopic (exact) mass is 1030 g/mol. The van der Waals surface area contributed by atoms with Crippen molar-refractivity contribution in [1.82, 2.24) is 0 Å². The van der Waals surface area contributed by atoms with Gasteiger partial charge in [0.05, 0.1) is 0 Å². The topological polar surface area (TPSA) is 0 Å². The summed E-state index contributed by atoms with van der Waals surface area (Å²) in [5.74, 6) is 22.3. The average molecular weight is 1030 g/mol. The van der Waals surface area contributed by atoms with E-state index in [0.29, 0.717) is 16.2 Å². The van der Waals surface area contributed by atoms with E-state index in [1.165, 1.54) is 208 Å². The molecule has 0 spiro atoms. The van der Waals surface area contributed by atoms with Crippen molar-refractivity contribution in [1.29, 1.82) is 0 Å². The quantitative estimate of drug-likeness (QED) is 0.0617. The fourth-order valence-electron chi connectivity index (χ4n) is 14.8. The van der Waals surface area contributed by atoms with Crippen LogP contribution in [0, 0.1) is 99.1 Å². The molecule has 12 unspecified atom stereocenters. The van der Waals surface area contributed by atoms with Crippen LogP contribution in [-0.4, -0.2) is 34.5 Å². The minimum absolute atomic E-state index is 0.471. The standard InChI is InChI=1S/C67H128S3/c1-15-16-61-47-53(19-17-51(2)3)20-27-59(61)35-44-68-41-32-54-23-28-60(62(48-54)24-18-52(4)5)36-45-69-42-34-56-22-26-58(30-39-66(9,10)11)64(50-56)37-46-70-43-33-55-21-25-57(29-38-65(6,7)8)63(49-55)31-40-67(12,13)14/h51-64H,15-50H2,1-14H3. The van der Waals surface area contributed by atoms with E-state index in [-0.39, 0.29) is 0 Å². The molecular formula is C67H128S3. The summed E-state index contributed by atoms with van der Waals surface area (Å²) in [7, 11) is 0. The minimum Gasteiger partial charge on any atom is -0.162 e. The predicted octanol–water partition coefficient (Wildman–Crippen LogP) is 22.8. The molecule has 70 heavy (non-hydrogen) atoms. The highest BCUT2D eigenvalue weighted by molar-refractivity contribution is 7.99. The second kappa shape index (κ2) is 33.4. The number of hydrogen-bond acceptors (Lipinski definition) is 3.